The number of rotatable bonds is 4. The monoisotopic (exact) mass is 377 g/mol. The Labute approximate surface area is 162 Å². The third-order valence-electron chi connectivity index (χ3n) is 4.90. The van der Waals surface area contributed by atoms with Crippen molar-refractivity contribution in [2.75, 3.05) is 4.90 Å². The quantitative estimate of drug-likeness (QED) is 0.651. The summed E-state index contributed by atoms with van der Waals surface area (Å²) in [5, 5.41) is 4.01. The molecule has 2 heterocycles. The van der Waals surface area contributed by atoms with Gasteiger partial charge in [-0.3, -0.25) is 15.0 Å². The second-order valence-corrected chi connectivity index (χ2v) is 7.04. The van der Waals surface area contributed by atoms with Gasteiger partial charge in [0.1, 0.15) is 17.9 Å². The van der Waals surface area contributed by atoms with Crippen LogP contribution in [-0.2, 0) is 25.7 Å². The number of anilines is 1. The van der Waals surface area contributed by atoms with E-state index in [-0.39, 0.29) is 31.1 Å². The van der Waals surface area contributed by atoms with E-state index in [1.807, 2.05) is 43.3 Å². The maximum atomic E-state index is 13.0. The number of esters is 1. The summed E-state index contributed by atoms with van der Waals surface area (Å²) in [6, 6.07) is 16.5. The Morgan fingerprint density at radius 1 is 1.14 bits per heavy atom. The van der Waals surface area contributed by atoms with Crippen molar-refractivity contribution in [1.29, 1.82) is 0 Å². The van der Waals surface area contributed by atoms with Crippen LogP contribution in [0, 0.1) is 6.92 Å². The maximum Gasteiger partial charge on any atom is 0.354 e. The lowest BCUT2D eigenvalue weighted by molar-refractivity contribution is -0.136. The lowest BCUT2D eigenvalue weighted by atomic mass is 9.93. The van der Waals surface area contributed by atoms with Crippen LogP contribution in [0.15, 0.2) is 59.7 Å². The molecule has 142 valence electrons. The van der Waals surface area contributed by atoms with E-state index in [4.69, 9.17) is 4.74 Å². The Hall–Kier alpha value is -3.48. The summed E-state index contributed by atoms with van der Waals surface area (Å²) >= 11 is 0. The Balaban J connectivity index is 1.45. The van der Waals surface area contributed by atoms with Crippen LogP contribution in [-0.4, -0.2) is 29.0 Å². The minimum absolute atomic E-state index is 0.0213. The van der Waals surface area contributed by atoms with Crippen molar-refractivity contribution in [3.63, 3.8) is 0 Å². The summed E-state index contributed by atoms with van der Waals surface area (Å²) in [6.45, 7) is 2.01. The molecule has 1 atom stereocenters. The van der Waals surface area contributed by atoms with E-state index < -0.39 is 17.4 Å². The molecule has 0 bridgehead atoms. The molecular formula is C21H19N3O4. The predicted molar refractivity (Wildman–Crippen MR) is 102 cm³/mol. The first-order valence-electron chi connectivity index (χ1n) is 8.97. The lowest BCUT2D eigenvalue weighted by Gasteiger charge is -2.21. The third kappa shape index (κ3) is 3.15. The highest BCUT2D eigenvalue weighted by Gasteiger charge is 2.56. The van der Waals surface area contributed by atoms with Gasteiger partial charge in [0.25, 0.3) is 5.91 Å². The summed E-state index contributed by atoms with van der Waals surface area (Å²) in [5.74, 6) is -1.32. The zero-order valence-electron chi connectivity index (χ0n) is 15.3. The summed E-state index contributed by atoms with van der Waals surface area (Å²) in [7, 11) is 0. The van der Waals surface area contributed by atoms with E-state index in [0.717, 1.165) is 16.0 Å². The zero-order valence-corrected chi connectivity index (χ0v) is 15.3. The average Bonchev–Trinajstić information content (AvgIpc) is 3.22. The molecule has 1 spiro atoms. The molecule has 0 radical (unpaired) electrons. The number of imide groups is 1. The number of amides is 2. The Morgan fingerprint density at radius 2 is 1.93 bits per heavy atom. The summed E-state index contributed by atoms with van der Waals surface area (Å²) < 4.78 is 5.28. The molecule has 1 unspecified atom stereocenters. The van der Waals surface area contributed by atoms with Gasteiger partial charge in [-0.05, 0) is 30.2 Å². The highest BCUT2D eigenvalue weighted by Crippen LogP contribution is 2.34. The fourth-order valence-corrected chi connectivity index (χ4v) is 3.46. The van der Waals surface area contributed by atoms with Crippen molar-refractivity contribution in [2.24, 2.45) is 5.10 Å². The normalized spacial score (nSPS) is 21.0. The molecule has 2 amide bonds. The van der Waals surface area contributed by atoms with Crippen LogP contribution < -0.4 is 10.3 Å². The molecular weight excluding hydrogens is 358 g/mol. The molecule has 0 saturated carbocycles. The highest BCUT2D eigenvalue weighted by atomic mass is 16.5. The van der Waals surface area contributed by atoms with E-state index in [2.05, 4.69) is 10.5 Å². The van der Waals surface area contributed by atoms with Gasteiger partial charge in [0.15, 0.2) is 0 Å². The highest BCUT2D eigenvalue weighted by molar-refractivity contribution is 6.39. The van der Waals surface area contributed by atoms with Crippen LogP contribution in [0.3, 0.4) is 0 Å². The van der Waals surface area contributed by atoms with Crippen molar-refractivity contribution in [3.05, 3.63) is 65.7 Å². The molecule has 2 aliphatic rings. The van der Waals surface area contributed by atoms with Gasteiger partial charge in [-0.15, -0.1) is 0 Å². The first-order chi connectivity index (χ1) is 13.5. The van der Waals surface area contributed by atoms with Gasteiger partial charge in [0.2, 0.25) is 5.91 Å². The second kappa shape index (κ2) is 6.92. The van der Waals surface area contributed by atoms with Gasteiger partial charge < -0.3 is 4.74 Å². The van der Waals surface area contributed by atoms with Crippen LogP contribution in [0.2, 0.25) is 0 Å². The standard InChI is InChI=1S/C21H19N3O4/c1-14-6-5-9-16(10-14)24-18(25)12-21(20(24)27)11-17(22-23-21)19(26)28-13-15-7-3-2-4-8-15/h2-10,23H,11-13H2,1H3. The van der Waals surface area contributed by atoms with E-state index in [9.17, 15) is 14.4 Å². The number of nitrogens with one attached hydrogen (secondary N) is 1. The zero-order chi connectivity index (χ0) is 19.7. The van der Waals surface area contributed by atoms with Crippen molar-refractivity contribution in [1.82, 2.24) is 5.43 Å². The topological polar surface area (TPSA) is 88.1 Å². The number of carbonyl (C=O) groups excluding carboxylic acids is 3. The number of aryl methyl sites for hydroxylation is 1. The number of benzene rings is 2. The maximum absolute atomic E-state index is 13.0. The number of carbonyl (C=O) groups is 3. The molecule has 1 saturated heterocycles. The van der Waals surface area contributed by atoms with Gasteiger partial charge in [-0.2, -0.15) is 5.10 Å². The van der Waals surface area contributed by atoms with E-state index in [1.54, 1.807) is 18.2 Å². The lowest BCUT2D eigenvalue weighted by Crippen LogP contribution is -2.47. The molecule has 7 heteroatoms. The summed E-state index contributed by atoms with van der Waals surface area (Å²) in [5.41, 5.74) is 3.95. The van der Waals surface area contributed by atoms with Gasteiger partial charge >= 0.3 is 5.97 Å². The van der Waals surface area contributed by atoms with Crippen LogP contribution in [0.25, 0.3) is 0 Å². The largest absolute Gasteiger partial charge is 0.456 e. The van der Waals surface area contributed by atoms with Crippen LogP contribution in [0.4, 0.5) is 5.69 Å². The molecule has 1 N–H and O–H groups in total. The molecule has 4 rings (SSSR count). The first kappa shape index (κ1) is 17.9. The SMILES string of the molecule is Cc1cccc(N2C(=O)CC3(CC(C(=O)OCc4ccccc4)=NN3)C2=O)c1. The molecule has 2 aromatic carbocycles. The van der Waals surface area contributed by atoms with Crippen molar-refractivity contribution < 1.29 is 19.1 Å². The van der Waals surface area contributed by atoms with E-state index in [1.165, 1.54) is 0 Å². The predicted octanol–water partition coefficient (Wildman–Crippen LogP) is 2.09. The van der Waals surface area contributed by atoms with Crippen LogP contribution >= 0.6 is 0 Å². The second-order valence-electron chi connectivity index (χ2n) is 7.04. The molecule has 7 nitrogen and oxygen atoms in total. The number of ether oxygens (including phenoxy) is 1. The molecule has 0 aromatic heterocycles. The molecule has 28 heavy (non-hydrogen) atoms. The van der Waals surface area contributed by atoms with Crippen LogP contribution in [0.1, 0.15) is 24.0 Å². The van der Waals surface area contributed by atoms with Gasteiger partial charge in [0.05, 0.1) is 12.1 Å². The van der Waals surface area contributed by atoms with Gasteiger partial charge in [-0.25, -0.2) is 9.69 Å². The Morgan fingerprint density at radius 3 is 2.68 bits per heavy atom. The van der Waals surface area contributed by atoms with Gasteiger partial charge in [-0.1, -0.05) is 42.5 Å². The molecule has 2 aromatic rings. The Bertz CT molecular complexity index is 986. The summed E-state index contributed by atoms with van der Waals surface area (Å²) in [4.78, 5) is 39.1. The number of hydrazone groups is 1. The van der Waals surface area contributed by atoms with Gasteiger partial charge in [0, 0.05) is 6.42 Å². The van der Waals surface area contributed by atoms with Crippen molar-refractivity contribution in [2.45, 2.75) is 31.9 Å². The summed E-state index contributed by atoms with van der Waals surface area (Å²) in [6.07, 6.45) is -0.0355. The first-order valence-corrected chi connectivity index (χ1v) is 8.97. The minimum Gasteiger partial charge on any atom is -0.456 e. The number of hydrogen-bond acceptors (Lipinski definition) is 6. The smallest absolute Gasteiger partial charge is 0.354 e. The average molecular weight is 377 g/mol. The fraction of sp³-hybridized carbons (Fsp3) is 0.238. The number of nitrogens with zero attached hydrogens (tertiary/aromatic N) is 2. The molecule has 2 aliphatic heterocycles. The van der Waals surface area contributed by atoms with E-state index >= 15 is 0 Å². The van der Waals surface area contributed by atoms with E-state index in [0.29, 0.717) is 5.69 Å². The number of hydrogen-bond donors (Lipinski definition) is 1. The third-order valence-corrected chi connectivity index (χ3v) is 4.90. The van der Waals surface area contributed by atoms with Crippen molar-refractivity contribution >= 4 is 29.2 Å². The van der Waals surface area contributed by atoms with Crippen molar-refractivity contribution in [3.8, 4) is 0 Å². The molecule has 0 aliphatic carbocycles. The molecule has 1 fully saturated rings. The minimum atomic E-state index is -1.22. The Kier molecular flexibility index (Phi) is 4.43. The fourth-order valence-electron chi connectivity index (χ4n) is 3.46. The van der Waals surface area contributed by atoms with Crippen LogP contribution in [0.5, 0.6) is 0 Å².